The molecule has 1 aliphatic rings. The van der Waals surface area contributed by atoms with E-state index in [4.69, 9.17) is 15.2 Å². The number of piperidine rings is 1. The summed E-state index contributed by atoms with van der Waals surface area (Å²) >= 11 is 0. The van der Waals surface area contributed by atoms with Crippen LogP contribution in [0.1, 0.15) is 18.9 Å². The molecule has 4 aromatic rings. The first-order valence-electron chi connectivity index (χ1n) is 10.0. The maximum atomic E-state index is 6.26. The molecule has 1 saturated heterocycles. The molecule has 0 aliphatic carbocycles. The number of nitrogens with zero attached hydrogens (tertiary/aromatic N) is 5. The van der Waals surface area contributed by atoms with E-state index < -0.39 is 0 Å². The van der Waals surface area contributed by atoms with Crippen molar-refractivity contribution >= 4 is 33.7 Å². The van der Waals surface area contributed by atoms with Crippen LogP contribution in [0.2, 0.25) is 0 Å². The number of hydrogen-bond donors (Lipinski definition) is 1. The molecular weight excluding hydrogens is 380 g/mol. The van der Waals surface area contributed by atoms with Crippen molar-refractivity contribution in [3.63, 3.8) is 0 Å². The summed E-state index contributed by atoms with van der Waals surface area (Å²) < 4.78 is 13.1. The van der Waals surface area contributed by atoms with Crippen molar-refractivity contribution in [3.8, 4) is 11.5 Å². The third kappa shape index (κ3) is 2.96. The molecule has 30 heavy (non-hydrogen) atoms. The van der Waals surface area contributed by atoms with Crippen molar-refractivity contribution < 1.29 is 9.47 Å². The lowest BCUT2D eigenvalue weighted by atomic mass is 10.0. The highest BCUT2D eigenvalue weighted by atomic mass is 16.5. The van der Waals surface area contributed by atoms with Gasteiger partial charge in [-0.3, -0.25) is 0 Å². The zero-order valence-corrected chi connectivity index (χ0v) is 17.1. The molecule has 0 unspecified atom stereocenters. The van der Waals surface area contributed by atoms with Gasteiger partial charge in [0.05, 0.1) is 30.8 Å². The van der Waals surface area contributed by atoms with Crippen LogP contribution >= 0.6 is 0 Å². The number of nitrogen functional groups attached to an aromatic ring is 1. The molecule has 0 bridgehead atoms. The number of rotatable bonds is 4. The molecule has 2 N–H and O–H groups in total. The van der Waals surface area contributed by atoms with Gasteiger partial charge in [-0.05, 0) is 31.0 Å². The van der Waals surface area contributed by atoms with Gasteiger partial charge in [0.15, 0.2) is 11.5 Å². The fourth-order valence-electron chi connectivity index (χ4n) is 4.40. The minimum atomic E-state index is 0.316. The number of hydrogen-bond acceptors (Lipinski definition) is 7. The highest BCUT2D eigenvalue weighted by molar-refractivity contribution is 5.92. The third-order valence-corrected chi connectivity index (χ3v) is 5.87. The van der Waals surface area contributed by atoms with Gasteiger partial charge < -0.3 is 24.7 Å². The lowest BCUT2D eigenvalue weighted by Crippen LogP contribution is -2.35. The highest BCUT2D eigenvalue weighted by Crippen LogP contribution is 2.37. The first-order chi connectivity index (χ1) is 14.7. The Labute approximate surface area is 174 Å². The Hall–Kier alpha value is -3.55. The van der Waals surface area contributed by atoms with E-state index in [1.807, 2.05) is 30.3 Å². The zero-order chi connectivity index (χ0) is 20.7. The Bertz CT molecular complexity index is 1210. The largest absolute Gasteiger partial charge is 0.493 e. The summed E-state index contributed by atoms with van der Waals surface area (Å²) in [6.45, 7) is 1.74. The fraction of sp³-hybridized carbons (Fsp3) is 0.318. The van der Waals surface area contributed by atoms with Crippen LogP contribution in [0.15, 0.2) is 42.7 Å². The van der Waals surface area contributed by atoms with Gasteiger partial charge in [0.2, 0.25) is 5.95 Å². The van der Waals surface area contributed by atoms with Crippen LogP contribution in [0, 0.1) is 0 Å². The van der Waals surface area contributed by atoms with Crippen molar-refractivity contribution in [2.75, 3.05) is 37.9 Å². The van der Waals surface area contributed by atoms with Crippen molar-refractivity contribution in [1.29, 1.82) is 0 Å². The van der Waals surface area contributed by atoms with E-state index in [-0.39, 0.29) is 0 Å². The molecular formula is C22H24N6O2. The number of anilines is 2. The second-order valence-corrected chi connectivity index (χ2v) is 7.47. The number of aromatic nitrogens is 4. The van der Waals surface area contributed by atoms with Crippen LogP contribution in [-0.2, 0) is 0 Å². The monoisotopic (exact) mass is 404 g/mol. The molecule has 8 nitrogen and oxygen atoms in total. The summed E-state index contributed by atoms with van der Waals surface area (Å²) in [6, 6.07) is 12.3. The predicted octanol–water partition coefficient (Wildman–Crippen LogP) is 3.42. The van der Waals surface area contributed by atoms with E-state index >= 15 is 0 Å². The van der Waals surface area contributed by atoms with Crippen molar-refractivity contribution in [3.05, 3.63) is 42.7 Å². The van der Waals surface area contributed by atoms with Gasteiger partial charge in [-0.15, -0.1) is 0 Å². The smallest absolute Gasteiger partial charge is 0.201 e. The number of methoxy groups -OCH3 is 2. The van der Waals surface area contributed by atoms with Crippen LogP contribution in [0.5, 0.6) is 11.5 Å². The van der Waals surface area contributed by atoms with E-state index in [0.717, 1.165) is 53.7 Å². The first kappa shape index (κ1) is 18.5. The lowest BCUT2D eigenvalue weighted by molar-refractivity contribution is 0.355. The Morgan fingerprint density at radius 1 is 0.967 bits per heavy atom. The molecule has 3 heterocycles. The van der Waals surface area contributed by atoms with E-state index in [9.17, 15) is 0 Å². The van der Waals surface area contributed by atoms with Gasteiger partial charge in [0.25, 0.3) is 0 Å². The topological polar surface area (TPSA) is 91.3 Å². The zero-order valence-electron chi connectivity index (χ0n) is 17.1. The number of ether oxygens (including phenoxy) is 2. The quantitative estimate of drug-likeness (QED) is 0.557. The first-order valence-corrected chi connectivity index (χ1v) is 10.0. The number of imidazole rings is 1. The fourth-order valence-corrected chi connectivity index (χ4v) is 4.40. The second kappa shape index (κ2) is 7.37. The minimum Gasteiger partial charge on any atom is -0.493 e. The van der Waals surface area contributed by atoms with E-state index in [2.05, 4.69) is 30.5 Å². The van der Waals surface area contributed by atoms with Gasteiger partial charge >= 0.3 is 0 Å². The molecule has 5 rings (SSSR count). The summed E-state index contributed by atoms with van der Waals surface area (Å²) in [4.78, 5) is 15.8. The normalized spacial score (nSPS) is 15.1. The summed E-state index contributed by atoms with van der Waals surface area (Å²) in [5.41, 5.74) is 9.13. The lowest BCUT2D eigenvalue weighted by Gasteiger charge is -2.34. The third-order valence-electron chi connectivity index (χ3n) is 5.87. The van der Waals surface area contributed by atoms with Crippen molar-refractivity contribution in [1.82, 2.24) is 19.5 Å². The van der Waals surface area contributed by atoms with Crippen LogP contribution in [0.4, 0.5) is 11.8 Å². The maximum absolute atomic E-state index is 6.26. The molecule has 0 radical (unpaired) electrons. The molecule has 154 valence electrons. The predicted molar refractivity (Wildman–Crippen MR) is 117 cm³/mol. The molecule has 2 aromatic heterocycles. The van der Waals surface area contributed by atoms with Gasteiger partial charge in [-0.25, -0.2) is 15.0 Å². The van der Waals surface area contributed by atoms with Crippen molar-refractivity contribution in [2.45, 2.75) is 18.9 Å². The molecule has 1 aliphatic heterocycles. The molecule has 0 saturated carbocycles. The van der Waals surface area contributed by atoms with Crippen molar-refractivity contribution in [2.24, 2.45) is 0 Å². The molecule has 2 aromatic carbocycles. The molecule has 0 spiro atoms. The summed E-state index contributed by atoms with van der Waals surface area (Å²) in [5.74, 6) is 2.84. The van der Waals surface area contributed by atoms with Gasteiger partial charge in [0, 0.05) is 30.6 Å². The number of para-hydroxylation sites is 2. The number of fused-ring (bicyclic) bond motifs is 2. The number of nitrogens with two attached hydrogens (primary N) is 1. The SMILES string of the molecule is COc1cc2ncnc(N3CCC(n4c(N)nc5ccccc54)CC3)c2cc1OC. The minimum absolute atomic E-state index is 0.316. The summed E-state index contributed by atoms with van der Waals surface area (Å²) in [7, 11) is 3.26. The Morgan fingerprint density at radius 2 is 1.70 bits per heavy atom. The average Bonchev–Trinajstić information content (AvgIpc) is 3.13. The average molecular weight is 404 g/mol. The molecule has 1 fully saturated rings. The van der Waals surface area contributed by atoms with Gasteiger partial charge in [-0.1, -0.05) is 12.1 Å². The van der Waals surface area contributed by atoms with Gasteiger partial charge in [0.1, 0.15) is 12.1 Å². The second-order valence-electron chi connectivity index (χ2n) is 7.47. The van der Waals surface area contributed by atoms with Crippen LogP contribution in [0.3, 0.4) is 0 Å². The van der Waals surface area contributed by atoms with Gasteiger partial charge in [-0.2, -0.15) is 0 Å². The summed E-state index contributed by atoms with van der Waals surface area (Å²) in [6.07, 6.45) is 3.53. The Balaban J connectivity index is 1.44. The molecule has 0 amide bonds. The maximum Gasteiger partial charge on any atom is 0.201 e. The van der Waals surface area contributed by atoms with Crippen LogP contribution in [-0.4, -0.2) is 46.8 Å². The highest BCUT2D eigenvalue weighted by Gasteiger charge is 2.26. The van der Waals surface area contributed by atoms with Crippen LogP contribution in [0.25, 0.3) is 21.9 Å². The van der Waals surface area contributed by atoms with E-state index in [1.165, 1.54) is 0 Å². The van der Waals surface area contributed by atoms with Crippen LogP contribution < -0.4 is 20.1 Å². The Morgan fingerprint density at radius 3 is 2.47 bits per heavy atom. The molecule has 0 atom stereocenters. The molecule has 8 heteroatoms. The number of benzene rings is 2. The van der Waals surface area contributed by atoms with E-state index in [1.54, 1.807) is 20.5 Å². The van der Waals surface area contributed by atoms with E-state index in [0.29, 0.717) is 23.5 Å². The standard InChI is InChI=1S/C22H24N6O2/c1-29-19-11-15-17(12-20(19)30-2)24-13-25-21(15)27-9-7-14(8-10-27)28-18-6-4-3-5-16(18)26-22(28)23/h3-6,11-14H,7-10H2,1-2H3,(H2,23,26). The Kier molecular flexibility index (Phi) is 4.54. The summed E-state index contributed by atoms with van der Waals surface area (Å²) in [5, 5.41) is 0.959.